The van der Waals surface area contributed by atoms with E-state index in [0.717, 1.165) is 77.0 Å². The lowest BCUT2D eigenvalue weighted by Crippen LogP contribution is -2.16. The number of nitrogens with zero attached hydrogens (tertiary/aromatic N) is 3. The normalized spacial score (nSPS) is 14.2. The molecule has 0 saturated carbocycles. The molecule has 0 spiro atoms. The smallest absolute Gasteiger partial charge is 0.235 e. The molecule has 0 saturated heterocycles. The van der Waals surface area contributed by atoms with Gasteiger partial charge in [-0.25, -0.2) is 9.97 Å². The maximum absolute atomic E-state index is 10.6. The Bertz CT molecular complexity index is 2360. The summed E-state index contributed by atoms with van der Waals surface area (Å²) in [5.41, 5.74) is 12.0. The van der Waals surface area contributed by atoms with Crippen LogP contribution >= 0.6 is 0 Å². The molecule has 0 bridgehead atoms. The van der Waals surface area contributed by atoms with E-state index in [0.29, 0.717) is 5.95 Å². The number of rotatable bonds is 3. The monoisotopic (exact) mass is 540 g/mol. The maximum atomic E-state index is 10.6. The van der Waals surface area contributed by atoms with E-state index in [-0.39, 0.29) is 6.04 Å². The van der Waals surface area contributed by atoms with Gasteiger partial charge in [-0.15, -0.1) is 0 Å². The third-order valence-corrected chi connectivity index (χ3v) is 8.66. The first kappa shape index (κ1) is 23.4. The van der Waals surface area contributed by atoms with Crippen LogP contribution in [0.5, 0.6) is 0 Å². The topological polar surface area (TPSA) is 63.0 Å². The highest BCUT2D eigenvalue weighted by atomic mass is 16.5. The van der Waals surface area contributed by atoms with Crippen LogP contribution in [0.1, 0.15) is 17.2 Å². The molecule has 8 aromatic rings. The van der Waals surface area contributed by atoms with E-state index in [1.54, 1.807) is 0 Å². The molecule has 6 aromatic carbocycles. The summed E-state index contributed by atoms with van der Waals surface area (Å²) in [6, 6.07) is 43.5. The average Bonchev–Trinajstić information content (AvgIpc) is 3.58. The molecule has 2 aromatic heterocycles. The van der Waals surface area contributed by atoms with Crippen molar-refractivity contribution in [3.05, 3.63) is 139 Å². The van der Waals surface area contributed by atoms with Gasteiger partial charge in [-0.1, -0.05) is 115 Å². The van der Waals surface area contributed by atoms with E-state index in [9.17, 15) is 5.21 Å². The highest BCUT2D eigenvalue weighted by Gasteiger charge is 2.34. The fraction of sp³-hybridized carbons (Fsp3) is 0.0270. The van der Waals surface area contributed by atoms with Crippen molar-refractivity contribution < 1.29 is 5.21 Å². The number of benzene rings is 6. The quantitative estimate of drug-likeness (QED) is 0.220. The fourth-order valence-corrected chi connectivity index (χ4v) is 6.98. The Kier molecular flexibility index (Phi) is 4.90. The summed E-state index contributed by atoms with van der Waals surface area (Å²) in [4.78, 5) is 10.4. The molecule has 2 N–H and O–H groups in total. The minimum absolute atomic E-state index is 0.361. The summed E-state index contributed by atoms with van der Waals surface area (Å²) < 4.78 is 2.21. The van der Waals surface area contributed by atoms with Gasteiger partial charge in [0.05, 0.1) is 28.3 Å². The third-order valence-electron chi connectivity index (χ3n) is 8.66. The van der Waals surface area contributed by atoms with Crippen LogP contribution in [0.15, 0.2) is 127 Å². The second-order valence-corrected chi connectivity index (χ2v) is 10.8. The number of hydrogen-bond donors (Lipinski definition) is 2. The molecular weight excluding hydrogens is 516 g/mol. The first-order chi connectivity index (χ1) is 20.8. The van der Waals surface area contributed by atoms with Crippen LogP contribution in [0.25, 0.3) is 71.8 Å². The Hall–Kier alpha value is -5.36. The molecule has 5 heteroatoms. The van der Waals surface area contributed by atoms with Gasteiger partial charge in [-0.3, -0.25) is 4.57 Å². The second kappa shape index (κ2) is 8.82. The summed E-state index contributed by atoms with van der Waals surface area (Å²) in [6.07, 6.45) is 0. The number of aromatic nitrogens is 3. The molecule has 0 radical (unpaired) electrons. The Morgan fingerprint density at radius 3 is 2.12 bits per heavy atom. The molecule has 0 fully saturated rings. The second-order valence-electron chi connectivity index (χ2n) is 10.8. The van der Waals surface area contributed by atoms with Gasteiger partial charge in [0.2, 0.25) is 5.95 Å². The molecule has 0 amide bonds. The van der Waals surface area contributed by atoms with Crippen LogP contribution in [-0.4, -0.2) is 19.7 Å². The predicted octanol–water partition coefficient (Wildman–Crippen LogP) is 8.60. The van der Waals surface area contributed by atoms with Crippen molar-refractivity contribution in [2.24, 2.45) is 0 Å². The zero-order chi connectivity index (χ0) is 27.8. The van der Waals surface area contributed by atoms with E-state index in [4.69, 9.17) is 9.97 Å². The van der Waals surface area contributed by atoms with Crippen LogP contribution < -0.4 is 5.48 Å². The Morgan fingerprint density at radius 1 is 0.619 bits per heavy atom. The van der Waals surface area contributed by atoms with Crippen molar-refractivity contribution in [3.8, 4) is 28.3 Å². The molecule has 1 atom stereocenters. The Balaban J connectivity index is 1.50. The number of para-hydroxylation sites is 2. The van der Waals surface area contributed by atoms with E-state index in [2.05, 4.69) is 101 Å². The summed E-state index contributed by atoms with van der Waals surface area (Å²) in [7, 11) is 0. The molecule has 1 unspecified atom stereocenters. The molecule has 198 valence electrons. The third kappa shape index (κ3) is 3.09. The molecule has 9 rings (SSSR count). The Morgan fingerprint density at radius 2 is 1.29 bits per heavy atom. The van der Waals surface area contributed by atoms with Crippen molar-refractivity contribution in [1.82, 2.24) is 20.0 Å². The van der Waals surface area contributed by atoms with Gasteiger partial charge in [0.25, 0.3) is 0 Å². The van der Waals surface area contributed by atoms with Crippen LogP contribution in [0.2, 0.25) is 0 Å². The largest absolute Gasteiger partial charge is 0.316 e. The minimum Gasteiger partial charge on any atom is -0.316 e. The first-order valence-corrected chi connectivity index (χ1v) is 14.1. The number of nitrogens with one attached hydrogen (secondary N) is 1. The van der Waals surface area contributed by atoms with E-state index < -0.39 is 0 Å². The van der Waals surface area contributed by atoms with Crippen LogP contribution in [0.3, 0.4) is 0 Å². The minimum atomic E-state index is -0.361. The summed E-state index contributed by atoms with van der Waals surface area (Å²) >= 11 is 0. The molecule has 1 aliphatic carbocycles. The van der Waals surface area contributed by atoms with Crippen LogP contribution in [0.4, 0.5) is 0 Å². The Labute approximate surface area is 241 Å². The predicted molar refractivity (Wildman–Crippen MR) is 169 cm³/mol. The van der Waals surface area contributed by atoms with Gasteiger partial charge in [0.1, 0.15) is 0 Å². The van der Waals surface area contributed by atoms with E-state index >= 15 is 0 Å². The standard InChI is InChI=1S/C37H24N4O/c42-40-35-25-16-6-4-14-23(25)31-24-15-5-7-17-26(24)36-32(33(31)35)28-19-9-11-21-30(28)41(36)37-38-29-20-10-8-18-27(29)34(39-37)22-12-2-1-3-13-22/h1-21,35,40,42H. The van der Waals surface area contributed by atoms with Crippen LogP contribution in [0, 0.1) is 0 Å². The SMILES string of the molecule is ONC1c2ccccc2-c2c1c1c3ccccc3n(-c3nc(-c4ccccc4)c4ccccc4n3)c1c1ccccc21. The highest BCUT2D eigenvalue weighted by Crippen LogP contribution is 2.53. The van der Waals surface area contributed by atoms with Gasteiger partial charge in [0, 0.05) is 27.1 Å². The lowest BCUT2D eigenvalue weighted by atomic mass is 9.93. The van der Waals surface area contributed by atoms with Crippen LogP contribution in [-0.2, 0) is 0 Å². The van der Waals surface area contributed by atoms with E-state index in [1.807, 2.05) is 36.4 Å². The summed E-state index contributed by atoms with van der Waals surface area (Å²) in [5.74, 6) is 0.618. The van der Waals surface area contributed by atoms with Crippen molar-refractivity contribution in [3.63, 3.8) is 0 Å². The molecule has 0 aliphatic heterocycles. The van der Waals surface area contributed by atoms with Gasteiger partial charge < -0.3 is 5.21 Å². The molecule has 1 aliphatic rings. The number of hydroxylamine groups is 1. The van der Waals surface area contributed by atoms with Crippen molar-refractivity contribution in [2.45, 2.75) is 6.04 Å². The maximum Gasteiger partial charge on any atom is 0.235 e. The zero-order valence-corrected chi connectivity index (χ0v) is 22.5. The van der Waals surface area contributed by atoms with Gasteiger partial charge >= 0.3 is 0 Å². The number of fused-ring (bicyclic) bond motifs is 11. The molecular formula is C37H24N4O. The number of hydrogen-bond acceptors (Lipinski definition) is 4. The van der Waals surface area contributed by atoms with Crippen molar-refractivity contribution in [1.29, 1.82) is 0 Å². The van der Waals surface area contributed by atoms with Gasteiger partial charge in [0.15, 0.2) is 0 Å². The first-order valence-electron chi connectivity index (χ1n) is 14.1. The molecule has 42 heavy (non-hydrogen) atoms. The lowest BCUT2D eigenvalue weighted by Gasteiger charge is -2.16. The fourth-order valence-electron chi connectivity index (χ4n) is 6.98. The highest BCUT2D eigenvalue weighted by molar-refractivity contribution is 6.25. The zero-order valence-electron chi connectivity index (χ0n) is 22.5. The van der Waals surface area contributed by atoms with Crippen molar-refractivity contribution >= 4 is 43.5 Å². The summed E-state index contributed by atoms with van der Waals surface area (Å²) in [6.45, 7) is 0. The molecule has 2 heterocycles. The van der Waals surface area contributed by atoms with E-state index in [1.165, 1.54) is 0 Å². The molecule has 5 nitrogen and oxygen atoms in total. The van der Waals surface area contributed by atoms with Crippen molar-refractivity contribution in [2.75, 3.05) is 0 Å². The summed E-state index contributed by atoms with van der Waals surface area (Å²) in [5, 5.41) is 16.1. The van der Waals surface area contributed by atoms with Gasteiger partial charge in [-0.05, 0) is 39.8 Å². The van der Waals surface area contributed by atoms with Gasteiger partial charge in [-0.2, -0.15) is 5.48 Å². The average molecular weight is 541 g/mol. The lowest BCUT2D eigenvalue weighted by molar-refractivity contribution is 0.143.